The van der Waals surface area contributed by atoms with Crippen molar-refractivity contribution in [2.24, 2.45) is 0 Å². The molecule has 7 nitrogen and oxygen atoms in total. The van der Waals surface area contributed by atoms with E-state index in [1.807, 2.05) is 73.7 Å². The minimum Gasteiger partial charge on any atom is -0.507 e. The molecule has 8 heteroatoms. The summed E-state index contributed by atoms with van der Waals surface area (Å²) in [5.74, 6) is -0.634. The second-order valence-corrected chi connectivity index (χ2v) is 10.7. The van der Waals surface area contributed by atoms with Crippen molar-refractivity contribution in [1.29, 1.82) is 0 Å². The van der Waals surface area contributed by atoms with E-state index < -0.39 is 17.7 Å². The largest absolute Gasteiger partial charge is 0.507 e. The van der Waals surface area contributed by atoms with Crippen LogP contribution in [-0.2, 0) is 16.2 Å². The lowest BCUT2D eigenvalue weighted by Gasteiger charge is -2.23. The summed E-state index contributed by atoms with van der Waals surface area (Å²) < 4.78 is 12.2. The molecule has 41 heavy (non-hydrogen) atoms. The number of carbonyl (C=O) groups excluding carboxylic acids is 2. The van der Waals surface area contributed by atoms with Crippen molar-refractivity contribution in [3.05, 3.63) is 125 Å². The van der Waals surface area contributed by atoms with Gasteiger partial charge in [0, 0.05) is 5.56 Å². The van der Waals surface area contributed by atoms with Gasteiger partial charge < -0.3 is 14.6 Å². The lowest BCUT2D eigenvalue weighted by Crippen LogP contribution is -2.29. The van der Waals surface area contributed by atoms with Crippen molar-refractivity contribution in [3.63, 3.8) is 0 Å². The summed E-state index contributed by atoms with van der Waals surface area (Å²) in [5, 5.41) is 11.8. The number of thiazole rings is 1. The Balaban J connectivity index is 1.47. The van der Waals surface area contributed by atoms with Gasteiger partial charge in [-0.1, -0.05) is 59.9 Å². The third-order valence-corrected chi connectivity index (χ3v) is 7.99. The van der Waals surface area contributed by atoms with Gasteiger partial charge in [0.1, 0.15) is 23.9 Å². The molecule has 0 aliphatic carbocycles. The molecular weight excluding hydrogens is 536 g/mol. The molecule has 2 heterocycles. The Morgan fingerprint density at radius 3 is 2.46 bits per heavy atom. The molecule has 1 saturated heterocycles. The highest BCUT2D eigenvalue weighted by Gasteiger charge is 2.48. The molecule has 204 valence electrons. The number of fused-ring (bicyclic) bond motifs is 1. The molecule has 0 saturated carbocycles. The Hall–Kier alpha value is -4.95. The first-order valence-electron chi connectivity index (χ1n) is 13.0. The molecular formula is C33H26N2O5S. The fraction of sp³-hybridized carbons (Fsp3) is 0.121. The van der Waals surface area contributed by atoms with Gasteiger partial charge in [0.25, 0.3) is 5.78 Å². The van der Waals surface area contributed by atoms with Crippen molar-refractivity contribution in [2.75, 3.05) is 12.0 Å². The molecule has 1 N–H and O–H groups in total. The first-order chi connectivity index (χ1) is 19.9. The van der Waals surface area contributed by atoms with Crippen molar-refractivity contribution in [3.8, 4) is 11.5 Å². The minimum absolute atomic E-state index is 0.0178. The summed E-state index contributed by atoms with van der Waals surface area (Å²) in [7, 11) is 1.55. The molecule has 1 atom stereocenters. The summed E-state index contributed by atoms with van der Waals surface area (Å²) in [5.41, 5.74) is 3.79. The molecule has 0 spiro atoms. The number of aryl methyl sites for hydroxylation is 1. The summed E-state index contributed by atoms with van der Waals surface area (Å²) in [4.78, 5) is 33.3. The average molecular weight is 563 g/mol. The fourth-order valence-electron chi connectivity index (χ4n) is 4.89. The number of methoxy groups -OCH3 is 1. The van der Waals surface area contributed by atoms with E-state index in [4.69, 9.17) is 14.5 Å². The van der Waals surface area contributed by atoms with Crippen LogP contribution in [0.1, 0.15) is 28.3 Å². The lowest BCUT2D eigenvalue weighted by molar-refractivity contribution is -0.132. The van der Waals surface area contributed by atoms with E-state index in [2.05, 4.69) is 0 Å². The number of benzene rings is 4. The number of anilines is 1. The van der Waals surface area contributed by atoms with E-state index in [1.165, 1.54) is 16.2 Å². The zero-order chi connectivity index (χ0) is 28.5. The second kappa shape index (κ2) is 10.9. The van der Waals surface area contributed by atoms with Gasteiger partial charge in [-0.25, -0.2) is 4.98 Å². The van der Waals surface area contributed by atoms with E-state index in [1.54, 1.807) is 37.4 Å². The highest BCUT2D eigenvalue weighted by atomic mass is 32.1. The average Bonchev–Trinajstić information content (AvgIpc) is 3.53. The molecule has 0 bridgehead atoms. The van der Waals surface area contributed by atoms with Gasteiger partial charge in [-0.2, -0.15) is 0 Å². The standard InChI is InChI=1S/C33H26N2O5S/c1-20-11-16-26-27(17-20)41-33(34-26)35-29(23-9-6-10-25(18-23)40-19-21-7-4-3-5-8-21)28(31(37)32(35)38)30(36)22-12-14-24(39-2)15-13-22/h3-18,29,36H,19H2,1-2H3/b30-28+. The molecule has 5 aromatic rings. The predicted octanol–water partition coefficient (Wildman–Crippen LogP) is 6.82. The molecule has 1 fully saturated rings. The Kier molecular flexibility index (Phi) is 6.99. The SMILES string of the molecule is COc1ccc(/C(O)=C2\C(=O)C(=O)N(c3nc4ccc(C)cc4s3)C2c2cccc(OCc3ccccc3)c2)cc1. The minimum atomic E-state index is -0.918. The second-order valence-electron chi connectivity index (χ2n) is 9.71. The number of hydrogen-bond acceptors (Lipinski definition) is 7. The van der Waals surface area contributed by atoms with Gasteiger partial charge >= 0.3 is 5.91 Å². The maximum absolute atomic E-state index is 13.6. The molecule has 6 rings (SSSR count). The van der Waals surface area contributed by atoms with E-state index in [0.717, 1.165) is 21.3 Å². The van der Waals surface area contributed by atoms with Crippen LogP contribution in [0.4, 0.5) is 5.13 Å². The van der Waals surface area contributed by atoms with Crippen LogP contribution in [0.15, 0.2) is 103 Å². The fourth-order valence-corrected chi connectivity index (χ4v) is 5.98. The predicted molar refractivity (Wildman–Crippen MR) is 159 cm³/mol. The monoisotopic (exact) mass is 562 g/mol. The van der Waals surface area contributed by atoms with Gasteiger partial charge in [-0.3, -0.25) is 14.5 Å². The van der Waals surface area contributed by atoms with Gasteiger partial charge in [-0.15, -0.1) is 0 Å². The third kappa shape index (κ3) is 5.05. The number of aromatic nitrogens is 1. The third-order valence-electron chi connectivity index (χ3n) is 6.97. The maximum atomic E-state index is 13.6. The zero-order valence-electron chi connectivity index (χ0n) is 22.4. The van der Waals surface area contributed by atoms with E-state index in [-0.39, 0.29) is 11.3 Å². The van der Waals surface area contributed by atoms with Gasteiger partial charge in [-0.05, 0) is 72.1 Å². The zero-order valence-corrected chi connectivity index (χ0v) is 23.2. The van der Waals surface area contributed by atoms with Gasteiger partial charge in [0.05, 0.1) is 28.9 Å². The first-order valence-corrected chi connectivity index (χ1v) is 13.8. The number of Topliss-reactive ketones (excluding diaryl/α,β-unsaturated/α-hetero) is 1. The Morgan fingerprint density at radius 2 is 1.71 bits per heavy atom. The molecule has 1 aliphatic heterocycles. The topological polar surface area (TPSA) is 89.0 Å². The van der Waals surface area contributed by atoms with Crippen LogP contribution in [-0.4, -0.2) is 28.9 Å². The number of ketones is 1. The van der Waals surface area contributed by atoms with Crippen molar-refractivity contribution < 1.29 is 24.2 Å². The highest BCUT2D eigenvalue weighted by Crippen LogP contribution is 2.45. The Morgan fingerprint density at radius 1 is 0.927 bits per heavy atom. The number of aliphatic hydroxyl groups is 1. The number of rotatable bonds is 7. The van der Waals surface area contributed by atoms with Crippen molar-refractivity contribution in [2.45, 2.75) is 19.6 Å². The van der Waals surface area contributed by atoms with Crippen LogP contribution in [0.3, 0.4) is 0 Å². The lowest BCUT2D eigenvalue weighted by atomic mass is 9.95. The van der Waals surface area contributed by atoms with Gasteiger partial charge in [0.2, 0.25) is 0 Å². The van der Waals surface area contributed by atoms with Gasteiger partial charge in [0.15, 0.2) is 5.13 Å². The van der Waals surface area contributed by atoms with E-state index in [9.17, 15) is 14.7 Å². The van der Waals surface area contributed by atoms with Crippen LogP contribution in [0.25, 0.3) is 16.0 Å². The molecule has 1 amide bonds. The summed E-state index contributed by atoms with van der Waals surface area (Å²) in [6.07, 6.45) is 0. The molecule has 1 aliphatic rings. The number of carbonyl (C=O) groups is 2. The quantitative estimate of drug-likeness (QED) is 0.133. The summed E-state index contributed by atoms with van der Waals surface area (Å²) in [6.45, 7) is 2.34. The molecule has 1 aromatic heterocycles. The van der Waals surface area contributed by atoms with E-state index >= 15 is 0 Å². The number of amides is 1. The number of hydrogen-bond donors (Lipinski definition) is 1. The summed E-state index contributed by atoms with van der Waals surface area (Å²) in [6, 6.07) is 28.6. The highest BCUT2D eigenvalue weighted by molar-refractivity contribution is 7.22. The molecule has 1 unspecified atom stereocenters. The van der Waals surface area contributed by atoms with E-state index in [0.29, 0.717) is 34.4 Å². The number of ether oxygens (including phenoxy) is 2. The van der Waals surface area contributed by atoms with Crippen LogP contribution >= 0.6 is 11.3 Å². The molecule has 0 radical (unpaired) electrons. The smallest absolute Gasteiger partial charge is 0.301 e. The number of nitrogens with zero attached hydrogens (tertiary/aromatic N) is 2. The van der Waals surface area contributed by atoms with Crippen LogP contribution in [0, 0.1) is 6.92 Å². The normalized spacial score (nSPS) is 16.3. The van der Waals surface area contributed by atoms with Crippen molar-refractivity contribution in [1.82, 2.24) is 4.98 Å². The maximum Gasteiger partial charge on any atom is 0.301 e. The van der Waals surface area contributed by atoms with Crippen molar-refractivity contribution >= 4 is 44.1 Å². The van der Waals surface area contributed by atoms with Crippen LogP contribution in [0.2, 0.25) is 0 Å². The summed E-state index contributed by atoms with van der Waals surface area (Å²) >= 11 is 1.33. The Bertz CT molecular complexity index is 1790. The van der Waals surface area contributed by atoms with Crippen LogP contribution < -0.4 is 14.4 Å². The van der Waals surface area contributed by atoms with Crippen LogP contribution in [0.5, 0.6) is 11.5 Å². The Labute approximate surface area is 240 Å². The first kappa shape index (κ1) is 26.3. The number of aliphatic hydroxyl groups excluding tert-OH is 1. The molecule has 4 aromatic carbocycles.